The Kier molecular flexibility index (Phi) is 6.50. The number of halogens is 1. The zero-order chi connectivity index (χ0) is 13.7. The molecule has 1 saturated heterocycles. The molecule has 1 aromatic carbocycles. The number of benzene rings is 1. The van der Waals surface area contributed by atoms with E-state index in [-0.39, 0.29) is 23.9 Å². The molecule has 1 heterocycles. The molecule has 0 spiro atoms. The van der Waals surface area contributed by atoms with Gasteiger partial charge in [0, 0.05) is 12.0 Å². The van der Waals surface area contributed by atoms with Crippen LogP contribution < -0.4 is 10.6 Å². The summed E-state index contributed by atoms with van der Waals surface area (Å²) in [5.41, 5.74) is 2.52. The number of hydrogen-bond donors (Lipinski definition) is 2. The van der Waals surface area contributed by atoms with E-state index >= 15 is 0 Å². The fourth-order valence-corrected chi connectivity index (χ4v) is 2.64. The van der Waals surface area contributed by atoms with Crippen LogP contribution >= 0.6 is 12.4 Å². The van der Waals surface area contributed by atoms with E-state index in [9.17, 15) is 4.79 Å². The third-order valence-corrected chi connectivity index (χ3v) is 4.03. The van der Waals surface area contributed by atoms with Crippen molar-refractivity contribution in [2.24, 2.45) is 0 Å². The van der Waals surface area contributed by atoms with Crippen LogP contribution in [0.3, 0.4) is 0 Å². The highest BCUT2D eigenvalue weighted by atomic mass is 35.5. The molecule has 1 amide bonds. The predicted octanol–water partition coefficient (Wildman–Crippen LogP) is 2.61. The normalized spacial score (nSPS) is 17.1. The van der Waals surface area contributed by atoms with Gasteiger partial charge in [0.2, 0.25) is 5.91 Å². The Balaban J connectivity index is 0.00000200. The third-order valence-electron chi connectivity index (χ3n) is 4.03. The number of hydrogen-bond acceptors (Lipinski definition) is 2. The summed E-state index contributed by atoms with van der Waals surface area (Å²) < 4.78 is 0. The molecule has 1 aliphatic rings. The summed E-state index contributed by atoms with van der Waals surface area (Å²) in [5.74, 6) is 0.174. The molecule has 2 N–H and O–H groups in total. The van der Waals surface area contributed by atoms with E-state index in [1.807, 2.05) is 12.1 Å². The van der Waals surface area contributed by atoms with Crippen LogP contribution in [0, 0.1) is 6.92 Å². The number of carbonyl (C=O) groups is 1. The fourth-order valence-electron chi connectivity index (χ4n) is 2.64. The zero-order valence-corrected chi connectivity index (χ0v) is 13.2. The highest BCUT2D eigenvalue weighted by molar-refractivity contribution is 5.85. The molecule has 0 atom stereocenters. The van der Waals surface area contributed by atoms with Crippen LogP contribution in [0.15, 0.2) is 24.3 Å². The second kappa shape index (κ2) is 7.65. The van der Waals surface area contributed by atoms with Crippen molar-refractivity contribution in [2.45, 2.75) is 45.1 Å². The number of rotatable bonds is 4. The van der Waals surface area contributed by atoms with E-state index in [1.54, 1.807) is 0 Å². The molecule has 0 unspecified atom stereocenters. The Hall–Kier alpha value is -1.06. The summed E-state index contributed by atoms with van der Waals surface area (Å²) in [7, 11) is 0. The van der Waals surface area contributed by atoms with Crippen molar-refractivity contribution >= 4 is 18.3 Å². The lowest BCUT2D eigenvalue weighted by Gasteiger charge is -2.35. The molecule has 3 nitrogen and oxygen atoms in total. The van der Waals surface area contributed by atoms with Gasteiger partial charge in [-0.25, -0.2) is 0 Å². The van der Waals surface area contributed by atoms with Crippen LogP contribution in [0.4, 0.5) is 0 Å². The molecule has 112 valence electrons. The first-order valence-corrected chi connectivity index (χ1v) is 7.15. The molecule has 0 radical (unpaired) electrons. The minimum atomic E-state index is -0.0198. The summed E-state index contributed by atoms with van der Waals surface area (Å²) in [4.78, 5) is 12.1. The van der Waals surface area contributed by atoms with Gasteiger partial charge in [0.1, 0.15) is 0 Å². The first-order chi connectivity index (χ1) is 9.09. The summed E-state index contributed by atoms with van der Waals surface area (Å²) >= 11 is 0. The van der Waals surface area contributed by atoms with Crippen LogP contribution in [-0.4, -0.2) is 24.5 Å². The third kappa shape index (κ3) is 4.80. The van der Waals surface area contributed by atoms with Gasteiger partial charge in [-0.1, -0.05) is 24.3 Å². The first kappa shape index (κ1) is 17.0. The Morgan fingerprint density at radius 2 is 1.95 bits per heavy atom. The van der Waals surface area contributed by atoms with E-state index in [0.29, 0.717) is 6.42 Å². The summed E-state index contributed by atoms with van der Waals surface area (Å²) in [6.45, 7) is 6.24. The second-order valence-electron chi connectivity index (χ2n) is 5.79. The van der Waals surface area contributed by atoms with Gasteiger partial charge in [0.25, 0.3) is 0 Å². The molecule has 0 bridgehead atoms. The van der Waals surface area contributed by atoms with Gasteiger partial charge in [-0.3, -0.25) is 4.79 Å². The maximum atomic E-state index is 12.1. The van der Waals surface area contributed by atoms with E-state index in [0.717, 1.165) is 32.4 Å². The fraction of sp³-hybridized carbons (Fsp3) is 0.562. The number of aryl methyl sites for hydroxylation is 2. The molecule has 1 aromatic rings. The van der Waals surface area contributed by atoms with Gasteiger partial charge in [-0.2, -0.15) is 0 Å². The summed E-state index contributed by atoms with van der Waals surface area (Å²) in [6.07, 6.45) is 3.44. The number of nitrogens with one attached hydrogen (secondary N) is 2. The summed E-state index contributed by atoms with van der Waals surface area (Å²) in [5, 5.41) is 6.53. The van der Waals surface area contributed by atoms with Gasteiger partial charge in [0.15, 0.2) is 0 Å². The first-order valence-electron chi connectivity index (χ1n) is 7.15. The van der Waals surface area contributed by atoms with E-state index in [1.165, 1.54) is 11.1 Å². The monoisotopic (exact) mass is 296 g/mol. The van der Waals surface area contributed by atoms with Crippen LogP contribution in [0.2, 0.25) is 0 Å². The molecule has 0 aromatic heterocycles. The van der Waals surface area contributed by atoms with Crippen molar-refractivity contribution < 1.29 is 4.79 Å². The van der Waals surface area contributed by atoms with Crippen molar-refractivity contribution in [3.63, 3.8) is 0 Å². The van der Waals surface area contributed by atoms with E-state index < -0.39 is 0 Å². The SMILES string of the molecule is Cc1ccccc1CCC(=O)NC1(C)CCNCC1.Cl. The average molecular weight is 297 g/mol. The van der Waals surface area contributed by atoms with Crippen molar-refractivity contribution in [1.82, 2.24) is 10.6 Å². The lowest BCUT2D eigenvalue weighted by atomic mass is 9.90. The van der Waals surface area contributed by atoms with Crippen LogP contribution in [0.5, 0.6) is 0 Å². The predicted molar refractivity (Wildman–Crippen MR) is 85.4 cm³/mol. The maximum absolute atomic E-state index is 12.1. The Labute approximate surface area is 127 Å². The van der Waals surface area contributed by atoms with E-state index in [4.69, 9.17) is 0 Å². The molecule has 4 heteroatoms. The second-order valence-corrected chi connectivity index (χ2v) is 5.79. The molecule has 2 rings (SSSR count). The van der Waals surface area contributed by atoms with Crippen LogP contribution in [0.1, 0.15) is 37.3 Å². The number of carbonyl (C=O) groups excluding carboxylic acids is 1. The Bertz CT molecular complexity index is 442. The van der Waals surface area contributed by atoms with E-state index in [2.05, 4.69) is 36.6 Å². The zero-order valence-electron chi connectivity index (χ0n) is 12.4. The van der Waals surface area contributed by atoms with Crippen LogP contribution in [-0.2, 0) is 11.2 Å². The maximum Gasteiger partial charge on any atom is 0.220 e. The van der Waals surface area contributed by atoms with Crippen molar-refractivity contribution in [1.29, 1.82) is 0 Å². The van der Waals surface area contributed by atoms with Crippen molar-refractivity contribution in [3.05, 3.63) is 35.4 Å². The lowest BCUT2D eigenvalue weighted by molar-refractivity contribution is -0.123. The molecule has 1 fully saturated rings. The van der Waals surface area contributed by atoms with Gasteiger partial charge >= 0.3 is 0 Å². The number of piperidine rings is 1. The van der Waals surface area contributed by atoms with Gasteiger partial charge < -0.3 is 10.6 Å². The minimum absolute atomic E-state index is 0. The van der Waals surface area contributed by atoms with Crippen molar-refractivity contribution in [3.8, 4) is 0 Å². The highest BCUT2D eigenvalue weighted by Gasteiger charge is 2.27. The van der Waals surface area contributed by atoms with Gasteiger partial charge in [-0.15, -0.1) is 12.4 Å². The average Bonchev–Trinajstić information content (AvgIpc) is 2.38. The van der Waals surface area contributed by atoms with Gasteiger partial charge in [0.05, 0.1) is 0 Å². The van der Waals surface area contributed by atoms with Crippen molar-refractivity contribution in [2.75, 3.05) is 13.1 Å². The Morgan fingerprint density at radius 3 is 2.60 bits per heavy atom. The molecule has 1 aliphatic heterocycles. The lowest BCUT2D eigenvalue weighted by Crippen LogP contribution is -2.52. The van der Waals surface area contributed by atoms with Crippen LogP contribution in [0.25, 0.3) is 0 Å². The highest BCUT2D eigenvalue weighted by Crippen LogP contribution is 2.17. The smallest absolute Gasteiger partial charge is 0.220 e. The Morgan fingerprint density at radius 1 is 1.30 bits per heavy atom. The summed E-state index contributed by atoms with van der Waals surface area (Å²) in [6, 6.07) is 8.28. The standard InChI is InChI=1S/C16H24N2O.ClH/c1-13-5-3-4-6-14(13)7-8-15(19)18-16(2)9-11-17-12-10-16;/h3-6,17H,7-12H2,1-2H3,(H,18,19);1H. The molecule has 0 aliphatic carbocycles. The largest absolute Gasteiger partial charge is 0.351 e. The molecule has 20 heavy (non-hydrogen) atoms. The van der Waals surface area contributed by atoms with Gasteiger partial charge in [-0.05, 0) is 57.3 Å². The molecular weight excluding hydrogens is 272 g/mol. The topological polar surface area (TPSA) is 41.1 Å². The molecule has 0 saturated carbocycles. The quantitative estimate of drug-likeness (QED) is 0.897. The molecular formula is C16H25ClN2O. The minimum Gasteiger partial charge on any atom is -0.351 e. The number of amides is 1.